The van der Waals surface area contributed by atoms with Crippen LogP contribution in [0.1, 0.15) is 149 Å². The molecule has 0 aromatic carbocycles. The first-order chi connectivity index (χ1) is 21.1. The first-order valence-electron chi connectivity index (χ1n) is 17.7. The maximum absolute atomic E-state index is 12.5. The maximum atomic E-state index is 12.5. The van der Waals surface area contributed by atoms with Gasteiger partial charge in [-0.1, -0.05) is 103 Å². The number of ether oxygens (including phenoxy) is 3. The van der Waals surface area contributed by atoms with E-state index >= 15 is 0 Å². The standard InChI is InChI=1S/C36H67NO7/c1-6-8-10-12-13-14-15-16-17-18-19-20-21-22-23-25-27-35(39)44-32(31-43-34(38)26-24-11-9-7-2)30-42-29-28-33(36(40)41)37(3,4)5/h17-18,32-33H,6-16,19-31H2,1-5H3/b18-17-. The predicted molar refractivity (Wildman–Crippen MR) is 176 cm³/mol. The van der Waals surface area contributed by atoms with Crippen LogP contribution in [0.15, 0.2) is 12.2 Å². The lowest BCUT2D eigenvalue weighted by molar-refractivity contribution is -0.889. The van der Waals surface area contributed by atoms with Gasteiger partial charge in [0.2, 0.25) is 0 Å². The molecule has 2 atom stereocenters. The number of hydrogen-bond acceptors (Lipinski definition) is 7. The molecular weight excluding hydrogens is 558 g/mol. The van der Waals surface area contributed by atoms with Crippen molar-refractivity contribution in [2.75, 3.05) is 41.0 Å². The van der Waals surface area contributed by atoms with E-state index in [0.29, 0.717) is 12.8 Å². The minimum Gasteiger partial charge on any atom is -0.544 e. The van der Waals surface area contributed by atoms with Gasteiger partial charge in [0.15, 0.2) is 6.10 Å². The molecule has 0 fully saturated rings. The molecule has 0 aromatic heterocycles. The molecule has 8 nitrogen and oxygen atoms in total. The Labute approximate surface area is 269 Å². The molecule has 0 aliphatic rings. The molecule has 258 valence electrons. The van der Waals surface area contributed by atoms with Crippen LogP contribution in [0.25, 0.3) is 0 Å². The Kier molecular flexibility index (Phi) is 27.3. The van der Waals surface area contributed by atoms with E-state index in [9.17, 15) is 19.5 Å². The molecule has 0 aromatic rings. The van der Waals surface area contributed by atoms with Crippen LogP contribution < -0.4 is 5.11 Å². The fourth-order valence-electron chi connectivity index (χ4n) is 5.06. The van der Waals surface area contributed by atoms with Crippen LogP contribution in [0.2, 0.25) is 0 Å². The zero-order valence-electron chi connectivity index (χ0n) is 29.1. The van der Waals surface area contributed by atoms with E-state index in [4.69, 9.17) is 14.2 Å². The summed E-state index contributed by atoms with van der Waals surface area (Å²) in [5, 5.41) is 11.5. The highest BCUT2D eigenvalue weighted by atomic mass is 16.6. The first kappa shape index (κ1) is 42.1. The third kappa shape index (κ3) is 26.5. The zero-order valence-corrected chi connectivity index (χ0v) is 29.1. The number of unbranched alkanes of at least 4 members (excludes halogenated alkanes) is 15. The Balaban J connectivity index is 4.29. The summed E-state index contributed by atoms with van der Waals surface area (Å²) in [4.78, 5) is 36.2. The molecule has 2 unspecified atom stereocenters. The lowest BCUT2D eigenvalue weighted by atomic mass is 10.1. The van der Waals surface area contributed by atoms with Gasteiger partial charge in [-0.2, -0.15) is 0 Å². The molecule has 8 heteroatoms. The molecule has 0 amide bonds. The van der Waals surface area contributed by atoms with Gasteiger partial charge in [-0.05, 0) is 38.5 Å². The molecule has 0 saturated carbocycles. The second-order valence-electron chi connectivity index (χ2n) is 13.1. The van der Waals surface area contributed by atoms with Crippen molar-refractivity contribution in [1.29, 1.82) is 0 Å². The third-order valence-corrected chi connectivity index (χ3v) is 7.90. The van der Waals surface area contributed by atoms with E-state index in [0.717, 1.165) is 57.8 Å². The van der Waals surface area contributed by atoms with E-state index in [1.807, 2.05) is 0 Å². The van der Waals surface area contributed by atoms with Crippen molar-refractivity contribution >= 4 is 17.9 Å². The van der Waals surface area contributed by atoms with Crippen LogP contribution in [-0.4, -0.2) is 75.5 Å². The Hall–Kier alpha value is -1.93. The molecule has 0 aliphatic carbocycles. The smallest absolute Gasteiger partial charge is 0.306 e. The fraction of sp³-hybridized carbons (Fsp3) is 0.861. The SMILES string of the molecule is CCCCCCCCC/C=C\CCCCCCCC(=O)OC(COCCC(C(=O)[O-])[N+](C)(C)C)COC(=O)CCCCCC. The summed E-state index contributed by atoms with van der Waals surface area (Å²) in [7, 11) is 5.38. The molecule has 0 radical (unpaired) electrons. The van der Waals surface area contributed by atoms with Crippen LogP contribution >= 0.6 is 0 Å². The average Bonchev–Trinajstić information content (AvgIpc) is 2.96. The molecule has 0 aliphatic heterocycles. The number of likely N-dealkylation sites (N-methyl/N-ethyl adjacent to an activating group) is 1. The van der Waals surface area contributed by atoms with Crippen molar-refractivity contribution in [3.63, 3.8) is 0 Å². The van der Waals surface area contributed by atoms with Gasteiger partial charge in [0.25, 0.3) is 0 Å². The molecule has 0 rings (SSSR count). The van der Waals surface area contributed by atoms with Gasteiger partial charge < -0.3 is 28.6 Å². The quantitative estimate of drug-likeness (QED) is 0.0351. The number of carboxylic acid groups (broad SMARTS) is 1. The number of carboxylic acids is 1. The summed E-state index contributed by atoms with van der Waals surface area (Å²) in [5.74, 6) is -1.77. The van der Waals surface area contributed by atoms with Gasteiger partial charge in [-0.3, -0.25) is 9.59 Å². The minimum atomic E-state index is -1.13. The lowest BCUT2D eigenvalue weighted by Crippen LogP contribution is -2.55. The Morgan fingerprint density at radius 2 is 1.14 bits per heavy atom. The number of carbonyl (C=O) groups excluding carboxylic acids is 3. The Bertz CT molecular complexity index is 747. The predicted octanol–water partition coefficient (Wildman–Crippen LogP) is 7.07. The van der Waals surface area contributed by atoms with E-state index < -0.39 is 18.1 Å². The van der Waals surface area contributed by atoms with E-state index in [1.54, 1.807) is 21.1 Å². The molecule has 0 bridgehead atoms. The number of quaternary nitrogens is 1. The van der Waals surface area contributed by atoms with Crippen molar-refractivity contribution in [3.8, 4) is 0 Å². The van der Waals surface area contributed by atoms with E-state index in [1.165, 1.54) is 57.8 Å². The maximum Gasteiger partial charge on any atom is 0.306 e. The van der Waals surface area contributed by atoms with Gasteiger partial charge >= 0.3 is 11.9 Å². The van der Waals surface area contributed by atoms with Crippen molar-refractivity contribution in [1.82, 2.24) is 0 Å². The number of allylic oxidation sites excluding steroid dienone is 2. The number of esters is 2. The van der Waals surface area contributed by atoms with Gasteiger partial charge in [-0.25, -0.2) is 0 Å². The van der Waals surface area contributed by atoms with Crippen molar-refractivity contribution in [2.24, 2.45) is 0 Å². The topological polar surface area (TPSA) is 102 Å². The summed E-state index contributed by atoms with van der Waals surface area (Å²) < 4.78 is 16.9. The average molecular weight is 626 g/mol. The second kappa shape index (κ2) is 28.5. The summed E-state index contributed by atoms with van der Waals surface area (Å²) in [6.07, 6.45) is 25.7. The summed E-state index contributed by atoms with van der Waals surface area (Å²) >= 11 is 0. The van der Waals surface area contributed by atoms with Gasteiger partial charge in [-0.15, -0.1) is 0 Å². The van der Waals surface area contributed by atoms with E-state index in [-0.39, 0.29) is 42.7 Å². The van der Waals surface area contributed by atoms with Crippen molar-refractivity contribution < 1.29 is 38.2 Å². The lowest BCUT2D eigenvalue weighted by Gasteiger charge is -2.34. The van der Waals surface area contributed by atoms with Crippen LogP contribution in [0.3, 0.4) is 0 Å². The molecular formula is C36H67NO7. The summed E-state index contributed by atoms with van der Waals surface area (Å²) in [6.45, 7) is 4.51. The van der Waals surface area contributed by atoms with Gasteiger partial charge in [0.1, 0.15) is 12.6 Å². The molecule has 0 N–H and O–H groups in total. The fourth-order valence-corrected chi connectivity index (χ4v) is 5.06. The largest absolute Gasteiger partial charge is 0.544 e. The van der Waals surface area contributed by atoms with Crippen molar-refractivity contribution in [2.45, 2.75) is 161 Å². The number of carbonyl (C=O) groups is 3. The number of aliphatic carboxylic acids is 1. The molecule has 0 spiro atoms. The Morgan fingerprint density at radius 1 is 0.659 bits per heavy atom. The highest BCUT2D eigenvalue weighted by molar-refractivity contribution is 5.70. The minimum absolute atomic E-state index is 0.0399. The summed E-state index contributed by atoms with van der Waals surface area (Å²) in [6, 6.07) is -0.720. The highest BCUT2D eigenvalue weighted by Gasteiger charge is 2.25. The first-order valence-corrected chi connectivity index (χ1v) is 17.7. The third-order valence-electron chi connectivity index (χ3n) is 7.90. The van der Waals surface area contributed by atoms with Crippen LogP contribution in [0, 0.1) is 0 Å². The molecule has 0 saturated heterocycles. The van der Waals surface area contributed by atoms with Gasteiger partial charge in [0.05, 0.1) is 40.3 Å². The number of rotatable bonds is 31. The number of hydrogen-bond donors (Lipinski definition) is 0. The highest BCUT2D eigenvalue weighted by Crippen LogP contribution is 2.12. The second-order valence-corrected chi connectivity index (χ2v) is 13.1. The van der Waals surface area contributed by atoms with Crippen LogP contribution in [0.5, 0.6) is 0 Å². The van der Waals surface area contributed by atoms with E-state index in [2.05, 4.69) is 26.0 Å². The zero-order chi connectivity index (χ0) is 32.9. The van der Waals surface area contributed by atoms with Crippen LogP contribution in [0.4, 0.5) is 0 Å². The van der Waals surface area contributed by atoms with Gasteiger partial charge in [0, 0.05) is 19.3 Å². The Morgan fingerprint density at radius 3 is 1.66 bits per heavy atom. The molecule has 0 heterocycles. The van der Waals surface area contributed by atoms with Crippen molar-refractivity contribution in [3.05, 3.63) is 12.2 Å². The van der Waals surface area contributed by atoms with Crippen LogP contribution in [-0.2, 0) is 28.6 Å². The molecule has 44 heavy (non-hydrogen) atoms. The number of nitrogens with zero attached hydrogens (tertiary/aromatic N) is 1. The summed E-state index contributed by atoms with van der Waals surface area (Å²) in [5.41, 5.74) is 0. The monoisotopic (exact) mass is 625 g/mol. The normalized spacial score (nSPS) is 13.2.